The summed E-state index contributed by atoms with van der Waals surface area (Å²) in [6.45, 7) is 0.111. The standard InChI is InChI=1S/C22H15Cl2IN8O2/c23-14-1-5-18(6-2-14)32-11-16(26-28-32)9-30-13-20(25)21(34)31(22(30)35)10-17-12-33(29-27-17)19-7-3-15(24)4-8-19/h1-8,11-13H,9-10H2. The summed E-state index contributed by atoms with van der Waals surface area (Å²) in [5.41, 5.74) is 1.65. The van der Waals surface area contributed by atoms with Gasteiger partial charge in [-0.25, -0.2) is 14.2 Å². The van der Waals surface area contributed by atoms with Gasteiger partial charge in [0.1, 0.15) is 11.4 Å². The minimum atomic E-state index is -0.488. The normalized spacial score (nSPS) is 11.2. The Balaban J connectivity index is 1.41. The van der Waals surface area contributed by atoms with Crippen molar-refractivity contribution in [3.63, 3.8) is 0 Å². The predicted octanol–water partition coefficient (Wildman–Crippen LogP) is 3.18. The molecule has 0 aliphatic rings. The Morgan fingerprint density at radius 1 is 0.714 bits per heavy atom. The Labute approximate surface area is 221 Å². The molecule has 0 atom stereocenters. The molecule has 0 amide bonds. The van der Waals surface area contributed by atoms with Crippen LogP contribution in [0.15, 0.2) is 76.7 Å². The second kappa shape index (κ2) is 9.76. The summed E-state index contributed by atoms with van der Waals surface area (Å²) in [6, 6.07) is 14.2. The molecule has 0 saturated heterocycles. The first kappa shape index (κ1) is 23.5. The molecule has 0 aliphatic heterocycles. The Morgan fingerprint density at radius 3 is 1.71 bits per heavy atom. The van der Waals surface area contributed by atoms with Crippen LogP contribution in [0.1, 0.15) is 11.4 Å². The van der Waals surface area contributed by atoms with Crippen LogP contribution >= 0.6 is 45.8 Å². The Kier molecular flexibility index (Phi) is 6.54. The zero-order chi connectivity index (χ0) is 24.5. The topological polar surface area (TPSA) is 105 Å². The molecule has 0 radical (unpaired) electrons. The van der Waals surface area contributed by atoms with Crippen molar-refractivity contribution in [1.82, 2.24) is 39.1 Å². The second-order valence-corrected chi connectivity index (χ2v) is 9.58. The van der Waals surface area contributed by atoms with Crippen molar-refractivity contribution in [1.29, 1.82) is 0 Å². The SMILES string of the molecule is O=c1c(I)cn(Cc2cn(-c3ccc(Cl)cc3)nn2)c(=O)n1Cc1cn(-c2ccc(Cl)cc2)nn1. The van der Waals surface area contributed by atoms with Crippen molar-refractivity contribution in [3.05, 3.63) is 113 Å². The first-order valence-corrected chi connectivity index (χ1v) is 12.0. The molecule has 3 heterocycles. The Bertz CT molecular complexity index is 1620. The van der Waals surface area contributed by atoms with Gasteiger partial charge in [-0.3, -0.25) is 13.9 Å². The van der Waals surface area contributed by atoms with Crippen LogP contribution in [0.3, 0.4) is 0 Å². The highest BCUT2D eigenvalue weighted by Gasteiger charge is 2.14. The van der Waals surface area contributed by atoms with Gasteiger partial charge in [-0.15, -0.1) is 10.2 Å². The van der Waals surface area contributed by atoms with E-state index in [1.165, 1.54) is 10.8 Å². The van der Waals surface area contributed by atoms with Gasteiger partial charge in [0.2, 0.25) is 0 Å². The van der Waals surface area contributed by atoms with Gasteiger partial charge in [-0.05, 0) is 71.1 Å². The monoisotopic (exact) mass is 620 g/mol. The molecule has 0 spiro atoms. The minimum Gasteiger partial charge on any atom is -0.293 e. The van der Waals surface area contributed by atoms with Crippen molar-refractivity contribution in [2.75, 3.05) is 0 Å². The highest BCUT2D eigenvalue weighted by atomic mass is 127. The van der Waals surface area contributed by atoms with Crippen molar-refractivity contribution in [2.24, 2.45) is 0 Å². The number of nitrogens with zero attached hydrogens (tertiary/aromatic N) is 8. The zero-order valence-electron chi connectivity index (χ0n) is 17.8. The van der Waals surface area contributed by atoms with Crippen LogP contribution in [0.25, 0.3) is 11.4 Å². The van der Waals surface area contributed by atoms with Gasteiger partial charge in [0.25, 0.3) is 5.56 Å². The molecule has 176 valence electrons. The number of aromatic nitrogens is 8. The van der Waals surface area contributed by atoms with Crippen molar-refractivity contribution in [2.45, 2.75) is 13.1 Å². The van der Waals surface area contributed by atoms with Crippen LogP contribution in [0, 0.1) is 3.57 Å². The summed E-state index contributed by atoms with van der Waals surface area (Å²) >= 11 is 13.8. The van der Waals surface area contributed by atoms with Gasteiger partial charge >= 0.3 is 5.69 Å². The number of hydrogen-bond acceptors (Lipinski definition) is 6. The fourth-order valence-electron chi connectivity index (χ4n) is 3.39. The molecule has 35 heavy (non-hydrogen) atoms. The van der Waals surface area contributed by atoms with E-state index >= 15 is 0 Å². The van der Waals surface area contributed by atoms with Gasteiger partial charge in [0.05, 0.1) is 40.4 Å². The molecule has 13 heteroatoms. The van der Waals surface area contributed by atoms with E-state index in [0.717, 1.165) is 15.9 Å². The van der Waals surface area contributed by atoms with E-state index in [1.54, 1.807) is 58.2 Å². The third kappa shape index (κ3) is 5.06. The number of halogens is 3. The number of benzene rings is 2. The largest absolute Gasteiger partial charge is 0.331 e. The molecular weight excluding hydrogens is 606 g/mol. The molecule has 0 fully saturated rings. The van der Waals surface area contributed by atoms with Gasteiger partial charge in [0, 0.05) is 16.2 Å². The van der Waals surface area contributed by atoms with E-state index in [0.29, 0.717) is 25.0 Å². The van der Waals surface area contributed by atoms with E-state index in [4.69, 9.17) is 23.2 Å². The first-order chi connectivity index (χ1) is 16.9. The molecule has 2 aromatic carbocycles. The molecule has 0 aliphatic carbocycles. The molecule has 5 aromatic rings. The van der Waals surface area contributed by atoms with E-state index in [-0.39, 0.29) is 13.1 Å². The van der Waals surface area contributed by atoms with Gasteiger partial charge < -0.3 is 0 Å². The molecular formula is C22H15Cl2IN8O2. The van der Waals surface area contributed by atoms with Crippen LogP contribution in [-0.2, 0) is 13.1 Å². The summed E-state index contributed by atoms with van der Waals surface area (Å²) in [7, 11) is 0. The fraction of sp³-hybridized carbons (Fsp3) is 0.0909. The summed E-state index contributed by atoms with van der Waals surface area (Å²) < 4.78 is 6.08. The maximum Gasteiger partial charge on any atom is 0.331 e. The van der Waals surface area contributed by atoms with E-state index in [9.17, 15) is 9.59 Å². The quantitative estimate of drug-likeness (QED) is 0.270. The lowest BCUT2D eigenvalue weighted by Gasteiger charge is -2.09. The zero-order valence-corrected chi connectivity index (χ0v) is 21.5. The second-order valence-electron chi connectivity index (χ2n) is 7.54. The molecule has 10 nitrogen and oxygen atoms in total. The number of rotatable bonds is 6. The molecule has 5 rings (SSSR count). The van der Waals surface area contributed by atoms with E-state index < -0.39 is 11.2 Å². The lowest BCUT2D eigenvalue weighted by Crippen LogP contribution is -2.41. The third-order valence-electron chi connectivity index (χ3n) is 5.11. The van der Waals surface area contributed by atoms with Crippen molar-refractivity contribution >= 4 is 45.8 Å². The minimum absolute atomic E-state index is 0.0282. The summed E-state index contributed by atoms with van der Waals surface area (Å²) in [6.07, 6.45) is 4.89. The van der Waals surface area contributed by atoms with E-state index in [2.05, 4.69) is 20.6 Å². The highest BCUT2D eigenvalue weighted by Crippen LogP contribution is 2.14. The van der Waals surface area contributed by atoms with Gasteiger partial charge in [-0.2, -0.15) is 0 Å². The Hall–Kier alpha value is -3.29. The maximum absolute atomic E-state index is 13.2. The average molecular weight is 621 g/mol. The third-order valence-corrected chi connectivity index (χ3v) is 6.36. The predicted molar refractivity (Wildman–Crippen MR) is 139 cm³/mol. The smallest absolute Gasteiger partial charge is 0.293 e. The van der Waals surface area contributed by atoms with Crippen LogP contribution in [-0.4, -0.2) is 39.1 Å². The molecule has 3 aromatic heterocycles. The van der Waals surface area contributed by atoms with Crippen molar-refractivity contribution in [3.8, 4) is 11.4 Å². The lowest BCUT2D eigenvalue weighted by atomic mass is 10.3. The average Bonchev–Trinajstić information content (AvgIpc) is 3.51. The number of hydrogen-bond donors (Lipinski definition) is 0. The van der Waals surface area contributed by atoms with Crippen LogP contribution in [0.4, 0.5) is 0 Å². The Morgan fingerprint density at radius 2 is 1.20 bits per heavy atom. The van der Waals surface area contributed by atoms with Gasteiger partial charge in [-0.1, -0.05) is 33.6 Å². The summed E-state index contributed by atoms with van der Waals surface area (Å²) in [5.74, 6) is 0. The maximum atomic E-state index is 13.2. The summed E-state index contributed by atoms with van der Waals surface area (Å²) in [5, 5.41) is 17.7. The molecule has 0 N–H and O–H groups in total. The van der Waals surface area contributed by atoms with E-state index in [1.807, 2.05) is 34.7 Å². The van der Waals surface area contributed by atoms with Crippen molar-refractivity contribution < 1.29 is 0 Å². The van der Waals surface area contributed by atoms with Gasteiger partial charge in [0.15, 0.2) is 0 Å². The molecule has 0 saturated carbocycles. The molecule has 0 unspecified atom stereocenters. The van der Waals surface area contributed by atoms with Crippen LogP contribution < -0.4 is 11.2 Å². The fourth-order valence-corrected chi connectivity index (χ4v) is 4.27. The first-order valence-electron chi connectivity index (χ1n) is 10.2. The lowest BCUT2D eigenvalue weighted by molar-refractivity contribution is 0.594. The van der Waals surface area contributed by atoms with Crippen LogP contribution in [0.2, 0.25) is 10.0 Å². The molecule has 0 bridgehead atoms. The highest BCUT2D eigenvalue weighted by molar-refractivity contribution is 14.1. The summed E-state index contributed by atoms with van der Waals surface area (Å²) in [4.78, 5) is 25.9. The van der Waals surface area contributed by atoms with Crippen LogP contribution in [0.5, 0.6) is 0 Å².